The van der Waals surface area contributed by atoms with Gasteiger partial charge >= 0.3 is 0 Å². The Labute approximate surface area is 76.0 Å². The van der Waals surface area contributed by atoms with Crippen molar-refractivity contribution < 1.29 is 14.3 Å². The van der Waals surface area contributed by atoms with Gasteiger partial charge in [0.1, 0.15) is 17.9 Å². The average molecular weight is 182 g/mol. The minimum absolute atomic E-state index is 0.0972. The van der Waals surface area contributed by atoms with Gasteiger partial charge < -0.3 is 9.90 Å². The van der Waals surface area contributed by atoms with Gasteiger partial charge in [0, 0.05) is 12.0 Å². The summed E-state index contributed by atoms with van der Waals surface area (Å²) in [5.74, 6) is -0.757. The number of rotatable bonds is 3. The van der Waals surface area contributed by atoms with Crippen molar-refractivity contribution in [1.82, 2.24) is 0 Å². The molecule has 3 heteroatoms. The van der Waals surface area contributed by atoms with Crippen LogP contribution in [0.25, 0.3) is 0 Å². The highest BCUT2D eigenvalue weighted by atomic mass is 19.1. The molecule has 2 nitrogen and oxygen atoms in total. The Morgan fingerprint density at radius 2 is 2.31 bits per heavy atom. The van der Waals surface area contributed by atoms with Crippen molar-refractivity contribution in [2.75, 3.05) is 0 Å². The van der Waals surface area contributed by atoms with E-state index in [4.69, 9.17) is 5.11 Å². The number of aromatic hydroxyl groups is 1. The molecule has 1 atom stereocenters. The number of hydrogen-bond donors (Lipinski definition) is 1. The number of aldehydes is 1. The van der Waals surface area contributed by atoms with Gasteiger partial charge in [0.2, 0.25) is 0 Å². The van der Waals surface area contributed by atoms with E-state index < -0.39 is 5.82 Å². The highest BCUT2D eigenvalue weighted by Crippen LogP contribution is 2.17. The summed E-state index contributed by atoms with van der Waals surface area (Å²) in [5, 5.41) is 8.92. The molecular formula is C10H11FO2. The Morgan fingerprint density at radius 3 is 2.85 bits per heavy atom. The van der Waals surface area contributed by atoms with Crippen LogP contribution in [-0.2, 0) is 11.2 Å². The van der Waals surface area contributed by atoms with Crippen LogP contribution < -0.4 is 0 Å². The third kappa shape index (κ3) is 2.54. The molecule has 1 rings (SSSR count). The summed E-state index contributed by atoms with van der Waals surface area (Å²) in [4.78, 5) is 10.3. The van der Waals surface area contributed by atoms with Gasteiger partial charge in [-0.15, -0.1) is 0 Å². The van der Waals surface area contributed by atoms with Crippen molar-refractivity contribution in [3.05, 3.63) is 29.6 Å². The molecule has 0 aromatic heterocycles. The van der Waals surface area contributed by atoms with Crippen molar-refractivity contribution in [1.29, 1.82) is 0 Å². The van der Waals surface area contributed by atoms with E-state index in [0.29, 0.717) is 12.0 Å². The Hall–Kier alpha value is -1.38. The van der Waals surface area contributed by atoms with Crippen molar-refractivity contribution in [3.63, 3.8) is 0 Å². The lowest BCUT2D eigenvalue weighted by molar-refractivity contribution is -0.110. The van der Waals surface area contributed by atoms with Crippen LogP contribution in [0.2, 0.25) is 0 Å². The highest BCUT2D eigenvalue weighted by Gasteiger charge is 2.07. The molecule has 1 unspecified atom stereocenters. The highest BCUT2D eigenvalue weighted by molar-refractivity contribution is 5.53. The molecule has 70 valence electrons. The summed E-state index contributed by atoms with van der Waals surface area (Å²) in [6, 6.07) is 3.95. The monoisotopic (exact) mass is 182 g/mol. The number of halogens is 1. The van der Waals surface area contributed by atoms with Crippen LogP contribution in [0, 0.1) is 11.7 Å². The van der Waals surface area contributed by atoms with E-state index in [0.717, 1.165) is 12.4 Å². The first-order valence-electron chi connectivity index (χ1n) is 4.06. The summed E-state index contributed by atoms with van der Waals surface area (Å²) < 4.78 is 13.1. The lowest BCUT2D eigenvalue weighted by atomic mass is 10.0. The first-order chi connectivity index (χ1) is 6.13. The van der Waals surface area contributed by atoms with Gasteiger partial charge in [-0.25, -0.2) is 4.39 Å². The van der Waals surface area contributed by atoms with Gasteiger partial charge in [-0.1, -0.05) is 13.0 Å². The summed E-state index contributed by atoms with van der Waals surface area (Å²) in [5.41, 5.74) is 0.456. The van der Waals surface area contributed by atoms with Crippen molar-refractivity contribution >= 4 is 6.29 Å². The predicted octanol–water partition coefficient (Wildman–Crippen LogP) is 1.91. The maximum absolute atomic E-state index is 13.1. The lowest BCUT2D eigenvalue weighted by Gasteiger charge is -2.05. The molecule has 0 heterocycles. The zero-order valence-corrected chi connectivity index (χ0v) is 7.33. The van der Waals surface area contributed by atoms with E-state index in [9.17, 15) is 9.18 Å². The molecule has 0 amide bonds. The summed E-state index contributed by atoms with van der Waals surface area (Å²) in [6.07, 6.45) is 1.15. The topological polar surface area (TPSA) is 37.3 Å². The first-order valence-corrected chi connectivity index (χ1v) is 4.06. The quantitative estimate of drug-likeness (QED) is 0.725. The number of carbonyl (C=O) groups excluding carboxylic acids is 1. The van der Waals surface area contributed by atoms with E-state index in [1.165, 1.54) is 12.1 Å². The van der Waals surface area contributed by atoms with Gasteiger partial charge in [-0.05, 0) is 18.1 Å². The minimum atomic E-state index is -0.464. The third-order valence-electron chi connectivity index (χ3n) is 1.81. The summed E-state index contributed by atoms with van der Waals surface area (Å²) >= 11 is 0. The number of phenolic OH excluding ortho intramolecular Hbond substituents is 1. The molecule has 1 aromatic carbocycles. The van der Waals surface area contributed by atoms with Gasteiger partial charge in [0.05, 0.1) is 0 Å². The number of phenols is 1. The Bertz CT molecular complexity index is 310. The van der Waals surface area contributed by atoms with Crippen LogP contribution in [0.15, 0.2) is 18.2 Å². The fourth-order valence-corrected chi connectivity index (χ4v) is 1.10. The standard InChI is InChI=1S/C10H11FO2/c1-7(6-12)4-8-2-3-9(13)5-10(8)11/h2-3,5-7,13H,4H2,1H3. The van der Waals surface area contributed by atoms with E-state index in [1.54, 1.807) is 6.92 Å². The molecular weight excluding hydrogens is 171 g/mol. The summed E-state index contributed by atoms with van der Waals surface area (Å²) in [7, 11) is 0. The smallest absolute Gasteiger partial charge is 0.130 e. The minimum Gasteiger partial charge on any atom is -0.508 e. The predicted molar refractivity (Wildman–Crippen MR) is 47.0 cm³/mol. The van der Waals surface area contributed by atoms with E-state index in [-0.39, 0.29) is 11.7 Å². The molecule has 0 saturated carbocycles. The normalized spacial score (nSPS) is 12.5. The second-order valence-corrected chi connectivity index (χ2v) is 3.09. The van der Waals surface area contributed by atoms with Crippen LogP contribution in [0.4, 0.5) is 4.39 Å². The fourth-order valence-electron chi connectivity index (χ4n) is 1.10. The Balaban J connectivity index is 2.83. The fraction of sp³-hybridized carbons (Fsp3) is 0.300. The van der Waals surface area contributed by atoms with E-state index >= 15 is 0 Å². The van der Waals surface area contributed by atoms with E-state index in [2.05, 4.69) is 0 Å². The largest absolute Gasteiger partial charge is 0.508 e. The maximum Gasteiger partial charge on any atom is 0.130 e. The second-order valence-electron chi connectivity index (χ2n) is 3.09. The van der Waals surface area contributed by atoms with Crippen LogP contribution in [0.5, 0.6) is 5.75 Å². The summed E-state index contributed by atoms with van der Waals surface area (Å²) in [6.45, 7) is 1.72. The van der Waals surface area contributed by atoms with Crippen LogP contribution >= 0.6 is 0 Å². The average Bonchev–Trinajstić information content (AvgIpc) is 2.09. The number of benzene rings is 1. The molecule has 0 saturated heterocycles. The Morgan fingerprint density at radius 1 is 1.62 bits per heavy atom. The molecule has 0 aliphatic rings. The number of hydrogen-bond acceptors (Lipinski definition) is 2. The lowest BCUT2D eigenvalue weighted by Crippen LogP contribution is -2.02. The van der Waals surface area contributed by atoms with Gasteiger partial charge in [-0.3, -0.25) is 0 Å². The van der Waals surface area contributed by atoms with Crippen molar-refractivity contribution in [3.8, 4) is 5.75 Å². The molecule has 1 aromatic rings. The SMILES string of the molecule is CC(C=O)Cc1ccc(O)cc1F. The third-order valence-corrected chi connectivity index (χ3v) is 1.81. The molecule has 0 fully saturated rings. The zero-order valence-electron chi connectivity index (χ0n) is 7.33. The van der Waals surface area contributed by atoms with Crippen LogP contribution in [0.1, 0.15) is 12.5 Å². The first kappa shape index (κ1) is 9.71. The molecule has 0 aliphatic heterocycles. The molecule has 0 aliphatic carbocycles. The van der Waals surface area contributed by atoms with Crippen molar-refractivity contribution in [2.24, 2.45) is 5.92 Å². The van der Waals surface area contributed by atoms with Gasteiger partial charge in [0.25, 0.3) is 0 Å². The zero-order chi connectivity index (χ0) is 9.84. The molecule has 13 heavy (non-hydrogen) atoms. The van der Waals surface area contributed by atoms with Crippen molar-refractivity contribution in [2.45, 2.75) is 13.3 Å². The molecule has 0 spiro atoms. The molecule has 0 radical (unpaired) electrons. The second kappa shape index (κ2) is 4.03. The van der Waals surface area contributed by atoms with E-state index in [1.807, 2.05) is 0 Å². The van der Waals surface area contributed by atoms with Gasteiger partial charge in [0.15, 0.2) is 0 Å². The Kier molecular flexibility index (Phi) is 3.01. The van der Waals surface area contributed by atoms with Crippen LogP contribution in [0.3, 0.4) is 0 Å². The molecule has 0 bridgehead atoms. The van der Waals surface area contributed by atoms with Crippen LogP contribution in [-0.4, -0.2) is 11.4 Å². The maximum atomic E-state index is 13.1. The number of carbonyl (C=O) groups is 1. The molecule has 1 N–H and O–H groups in total. The van der Waals surface area contributed by atoms with Gasteiger partial charge in [-0.2, -0.15) is 0 Å².